The smallest absolute Gasteiger partial charge is 0.233 e. The number of anilines is 1. The fraction of sp³-hybridized carbons (Fsp3) is 0.471. The molecule has 122 valence electrons. The molecule has 0 bridgehead atoms. The van der Waals surface area contributed by atoms with Crippen molar-refractivity contribution in [3.8, 4) is 0 Å². The summed E-state index contributed by atoms with van der Waals surface area (Å²) in [6, 6.07) is 5.45. The van der Waals surface area contributed by atoms with Gasteiger partial charge in [0.25, 0.3) is 0 Å². The largest absolute Gasteiger partial charge is 0.326 e. The first-order valence-corrected chi connectivity index (χ1v) is 7.97. The van der Waals surface area contributed by atoms with Crippen molar-refractivity contribution < 1.29 is 18.8 Å². The van der Waals surface area contributed by atoms with Gasteiger partial charge in [-0.1, -0.05) is 12.8 Å². The molecule has 2 aliphatic rings. The summed E-state index contributed by atoms with van der Waals surface area (Å²) < 4.78 is 12.8. The highest BCUT2D eigenvalue weighted by molar-refractivity contribution is 6.05. The fourth-order valence-electron chi connectivity index (χ4n) is 3.42. The number of carbonyl (C=O) groups excluding carboxylic acids is 3. The van der Waals surface area contributed by atoms with Crippen LogP contribution >= 0.6 is 0 Å². The maximum Gasteiger partial charge on any atom is 0.233 e. The average Bonchev–Trinajstić information content (AvgIpc) is 2.80. The second kappa shape index (κ2) is 6.48. The Bertz CT molecular complexity index is 605. The second-order valence-electron chi connectivity index (χ2n) is 6.13. The van der Waals surface area contributed by atoms with Gasteiger partial charge in [0.1, 0.15) is 5.82 Å². The highest BCUT2D eigenvalue weighted by Crippen LogP contribution is 2.37. The molecule has 1 aliphatic carbocycles. The van der Waals surface area contributed by atoms with E-state index in [1.54, 1.807) is 0 Å². The third-order valence-electron chi connectivity index (χ3n) is 4.62. The van der Waals surface area contributed by atoms with Gasteiger partial charge in [0.2, 0.25) is 17.7 Å². The number of likely N-dealkylation sites (tertiary alicyclic amines) is 1. The Kier molecular flexibility index (Phi) is 4.41. The number of carbonyl (C=O) groups is 3. The van der Waals surface area contributed by atoms with Crippen LogP contribution < -0.4 is 5.32 Å². The van der Waals surface area contributed by atoms with Gasteiger partial charge in [-0.3, -0.25) is 19.3 Å². The maximum absolute atomic E-state index is 12.8. The Morgan fingerprint density at radius 2 is 1.65 bits per heavy atom. The number of imide groups is 1. The van der Waals surface area contributed by atoms with Crippen LogP contribution in [0.1, 0.15) is 32.1 Å². The van der Waals surface area contributed by atoms with Crippen LogP contribution in [0.15, 0.2) is 24.3 Å². The zero-order chi connectivity index (χ0) is 16.4. The van der Waals surface area contributed by atoms with Gasteiger partial charge in [-0.15, -0.1) is 0 Å². The van der Waals surface area contributed by atoms with Crippen LogP contribution in [-0.2, 0) is 14.4 Å². The molecule has 0 unspecified atom stereocenters. The zero-order valence-electron chi connectivity index (χ0n) is 12.8. The van der Waals surface area contributed by atoms with Gasteiger partial charge in [0.15, 0.2) is 0 Å². The van der Waals surface area contributed by atoms with E-state index in [1.807, 2.05) is 0 Å². The number of hydrogen-bond acceptors (Lipinski definition) is 3. The van der Waals surface area contributed by atoms with Gasteiger partial charge < -0.3 is 5.32 Å². The highest BCUT2D eigenvalue weighted by Gasteiger charge is 2.47. The number of amides is 3. The molecule has 0 spiro atoms. The lowest BCUT2D eigenvalue weighted by Gasteiger charge is -2.19. The van der Waals surface area contributed by atoms with Crippen LogP contribution in [0.5, 0.6) is 0 Å². The van der Waals surface area contributed by atoms with Gasteiger partial charge in [0.05, 0.1) is 11.8 Å². The first-order valence-electron chi connectivity index (χ1n) is 7.97. The van der Waals surface area contributed by atoms with Crippen molar-refractivity contribution in [2.24, 2.45) is 11.8 Å². The zero-order valence-corrected chi connectivity index (χ0v) is 12.8. The first kappa shape index (κ1) is 15.6. The molecule has 1 saturated carbocycles. The Labute approximate surface area is 133 Å². The first-order chi connectivity index (χ1) is 11.1. The van der Waals surface area contributed by atoms with Gasteiger partial charge in [-0.2, -0.15) is 0 Å². The average molecular weight is 318 g/mol. The third kappa shape index (κ3) is 3.25. The molecule has 1 heterocycles. The number of rotatable bonds is 4. The minimum atomic E-state index is -0.376. The highest BCUT2D eigenvalue weighted by atomic mass is 19.1. The van der Waals surface area contributed by atoms with Crippen molar-refractivity contribution in [1.29, 1.82) is 0 Å². The lowest BCUT2D eigenvalue weighted by molar-refractivity contribution is -0.140. The van der Waals surface area contributed by atoms with Crippen LogP contribution in [0.25, 0.3) is 0 Å². The predicted molar refractivity (Wildman–Crippen MR) is 81.8 cm³/mol. The Hall–Kier alpha value is -2.24. The topological polar surface area (TPSA) is 66.5 Å². The number of halogens is 1. The van der Waals surface area contributed by atoms with Crippen molar-refractivity contribution in [3.05, 3.63) is 30.1 Å². The van der Waals surface area contributed by atoms with Crippen LogP contribution in [0.3, 0.4) is 0 Å². The fourth-order valence-corrected chi connectivity index (χ4v) is 3.42. The van der Waals surface area contributed by atoms with E-state index in [2.05, 4.69) is 5.32 Å². The minimum absolute atomic E-state index is 0.0499. The summed E-state index contributed by atoms with van der Waals surface area (Å²) in [6.45, 7) is 0.109. The summed E-state index contributed by atoms with van der Waals surface area (Å²) in [5.41, 5.74) is 0.490. The van der Waals surface area contributed by atoms with Crippen molar-refractivity contribution in [2.45, 2.75) is 32.1 Å². The summed E-state index contributed by atoms with van der Waals surface area (Å²) in [6.07, 6.45) is 3.56. The predicted octanol–water partition coefficient (Wildman–Crippen LogP) is 2.33. The lowest BCUT2D eigenvalue weighted by Crippen LogP contribution is -2.34. The molecule has 23 heavy (non-hydrogen) atoms. The van der Waals surface area contributed by atoms with E-state index in [9.17, 15) is 18.8 Å². The van der Waals surface area contributed by atoms with E-state index in [4.69, 9.17) is 0 Å². The molecule has 0 aromatic heterocycles. The van der Waals surface area contributed by atoms with E-state index >= 15 is 0 Å². The molecule has 3 amide bonds. The normalized spacial score (nSPS) is 23.8. The number of benzene rings is 1. The number of nitrogens with one attached hydrogen (secondary N) is 1. The van der Waals surface area contributed by atoms with Crippen LogP contribution in [-0.4, -0.2) is 29.2 Å². The molecule has 2 fully saturated rings. The van der Waals surface area contributed by atoms with E-state index < -0.39 is 0 Å². The molecule has 1 aliphatic heterocycles. The second-order valence-corrected chi connectivity index (χ2v) is 6.13. The number of fused-ring (bicyclic) bond motifs is 1. The molecular formula is C17H19FN2O3. The Morgan fingerprint density at radius 1 is 1.09 bits per heavy atom. The molecule has 3 rings (SSSR count). The molecule has 1 aromatic rings. The van der Waals surface area contributed by atoms with Crippen LogP contribution in [0.2, 0.25) is 0 Å². The number of nitrogens with zero attached hydrogens (tertiary/aromatic N) is 1. The summed E-state index contributed by atoms with van der Waals surface area (Å²) in [4.78, 5) is 37.7. The van der Waals surface area contributed by atoms with E-state index in [1.165, 1.54) is 29.2 Å². The summed E-state index contributed by atoms with van der Waals surface area (Å²) >= 11 is 0. The SMILES string of the molecule is O=C(CCN1C(=O)[C@H]2CCCC[C@H]2C1=O)Nc1ccc(F)cc1. The summed E-state index contributed by atoms with van der Waals surface area (Å²) in [5, 5.41) is 2.63. The Balaban J connectivity index is 1.55. The summed E-state index contributed by atoms with van der Waals surface area (Å²) in [7, 11) is 0. The van der Waals surface area contributed by atoms with Crippen LogP contribution in [0.4, 0.5) is 10.1 Å². The Morgan fingerprint density at radius 3 is 2.22 bits per heavy atom. The van der Waals surface area contributed by atoms with Gasteiger partial charge in [-0.05, 0) is 37.1 Å². The van der Waals surface area contributed by atoms with Crippen molar-refractivity contribution in [1.82, 2.24) is 4.90 Å². The van der Waals surface area contributed by atoms with Gasteiger partial charge in [0, 0.05) is 18.7 Å². The molecule has 0 radical (unpaired) electrons. The van der Waals surface area contributed by atoms with Crippen LogP contribution in [0, 0.1) is 17.7 Å². The quantitative estimate of drug-likeness (QED) is 0.867. The van der Waals surface area contributed by atoms with E-state index in [0.29, 0.717) is 5.69 Å². The minimum Gasteiger partial charge on any atom is -0.326 e. The molecule has 2 atom stereocenters. The standard InChI is InChI=1S/C17H19FN2O3/c18-11-5-7-12(8-6-11)19-15(21)9-10-20-16(22)13-3-1-2-4-14(13)17(20)23/h5-8,13-14H,1-4,9-10H2,(H,19,21)/t13-,14+. The lowest BCUT2D eigenvalue weighted by atomic mass is 9.81. The van der Waals surface area contributed by atoms with Crippen molar-refractivity contribution in [3.63, 3.8) is 0 Å². The maximum atomic E-state index is 12.8. The third-order valence-corrected chi connectivity index (χ3v) is 4.62. The monoisotopic (exact) mass is 318 g/mol. The molecular weight excluding hydrogens is 299 g/mol. The summed E-state index contributed by atoms with van der Waals surface area (Å²) in [5.74, 6) is -1.30. The molecule has 5 nitrogen and oxygen atoms in total. The molecule has 1 N–H and O–H groups in total. The van der Waals surface area contributed by atoms with Crippen molar-refractivity contribution >= 4 is 23.4 Å². The van der Waals surface area contributed by atoms with Gasteiger partial charge >= 0.3 is 0 Å². The van der Waals surface area contributed by atoms with E-state index in [0.717, 1.165) is 25.7 Å². The molecule has 1 aromatic carbocycles. The van der Waals surface area contributed by atoms with Crippen molar-refractivity contribution in [2.75, 3.05) is 11.9 Å². The van der Waals surface area contributed by atoms with E-state index in [-0.39, 0.29) is 48.3 Å². The van der Waals surface area contributed by atoms with Gasteiger partial charge in [-0.25, -0.2) is 4.39 Å². The molecule has 1 saturated heterocycles. The number of hydrogen-bond donors (Lipinski definition) is 1. The molecule has 6 heteroatoms.